The number of anilines is 1. The van der Waals surface area contributed by atoms with Crippen LogP contribution in [-0.4, -0.2) is 24.1 Å². The maximum absolute atomic E-state index is 4.30. The fourth-order valence-electron chi connectivity index (χ4n) is 1.72. The molecule has 3 aromatic rings. The molecule has 17 heavy (non-hydrogen) atoms. The zero-order valence-corrected chi connectivity index (χ0v) is 9.41. The number of imidazole rings is 1. The third-order valence-electron chi connectivity index (χ3n) is 2.66. The highest BCUT2D eigenvalue weighted by molar-refractivity contribution is 5.66. The molecule has 3 heterocycles. The Kier molecular flexibility index (Phi) is 2.25. The molecule has 1 N–H and O–H groups in total. The third kappa shape index (κ3) is 1.73. The monoisotopic (exact) mass is 228 g/mol. The summed E-state index contributed by atoms with van der Waals surface area (Å²) in [6, 6.07) is 1.92. The number of nitrogens with zero attached hydrogens (tertiary/aromatic N) is 5. The molecule has 0 unspecified atom stereocenters. The molecule has 6 heteroatoms. The van der Waals surface area contributed by atoms with Crippen LogP contribution in [0.4, 0.5) is 5.82 Å². The summed E-state index contributed by atoms with van der Waals surface area (Å²) in [6.45, 7) is 0.640. The smallest absolute Gasteiger partial charge is 0.152 e. The van der Waals surface area contributed by atoms with E-state index in [1.807, 2.05) is 30.1 Å². The van der Waals surface area contributed by atoms with Crippen LogP contribution in [0.2, 0.25) is 0 Å². The van der Waals surface area contributed by atoms with Gasteiger partial charge in [-0.2, -0.15) is 5.10 Å². The molecule has 0 radical (unpaired) electrons. The molecule has 0 saturated carbocycles. The molecule has 86 valence electrons. The van der Waals surface area contributed by atoms with Crippen LogP contribution in [-0.2, 0) is 13.6 Å². The molecule has 0 atom stereocenters. The Labute approximate surface area is 97.9 Å². The quantitative estimate of drug-likeness (QED) is 0.728. The van der Waals surface area contributed by atoms with Crippen LogP contribution >= 0.6 is 0 Å². The molecule has 6 nitrogen and oxygen atoms in total. The van der Waals surface area contributed by atoms with Gasteiger partial charge in [-0.05, 0) is 6.07 Å². The van der Waals surface area contributed by atoms with Gasteiger partial charge < -0.3 is 9.88 Å². The Morgan fingerprint density at radius 2 is 2.06 bits per heavy atom. The molecule has 0 amide bonds. The molecule has 0 aliphatic heterocycles. The van der Waals surface area contributed by atoms with Crippen LogP contribution in [0.15, 0.2) is 37.1 Å². The predicted octanol–water partition coefficient (Wildman–Crippen LogP) is 1.07. The van der Waals surface area contributed by atoms with Crippen molar-refractivity contribution in [3.63, 3.8) is 0 Å². The van der Waals surface area contributed by atoms with Crippen LogP contribution in [0, 0.1) is 0 Å². The van der Waals surface area contributed by atoms with Crippen LogP contribution in [0.25, 0.3) is 5.52 Å². The molecule has 0 spiro atoms. The second kappa shape index (κ2) is 3.89. The molecule has 0 aromatic carbocycles. The Bertz CT molecular complexity index is 638. The van der Waals surface area contributed by atoms with Crippen molar-refractivity contribution in [2.24, 2.45) is 7.05 Å². The molecule has 0 aliphatic carbocycles. The van der Waals surface area contributed by atoms with Gasteiger partial charge in [0.15, 0.2) is 5.82 Å². The highest BCUT2D eigenvalue weighted by Crippen LogP contribution is 2.12. The minimum absolute atomic E-state index is 0.640. The van der Waals surface area contributed by atoms with Gasteiger partial charge in [0.1, 0.15) is 11.3 Å². The number of rotatable bonds is 3. The summed E-state index contributed by atoms with van der Waals surface area (Å²) < 4.78 is 3.76. The molecule has 0 bridgehead atoms. The first-order valence-corrected chi connectivity index (χ1v) is 5.33. The summed E-state index contributed by atoms with van der Waals surface area (Å²) >= 11 is 0. The fraction of sp³-hybridized carbons (Fsp3) is 0.182. The van der Waals surface area contributed by atoms with Crippen molar-refractivity contribution in [1.82, 2.24) is 24.1 Å². The molecule has 3 aromatic heterocycles. The lowest BCUT2D eigenvalue weighted by molar-refractivity contribution is 0.810. The van der Waals surface area contributed by atoms with E-state index >= 15 is 0 Å². The van der Waals surface area contributed by atoms with Crippen molar-refractivity contribution in [2.75, 3.05) is 5.32 Å². The molecular weight excluding hydrogens is 216 g/mol. The van der Waals surface area contributed by atoms with Crippen LogP contribution in [0.5, 0.6) is 0 Å². The standard InChI is InChI=1S/C11H12N6/c1-16-6-4-12-10(16)8-14-11-9-2-3-15-17(9)7-5-13-11/h2-7H,8H2,1H3,(H,13,14). The van der Waals surface area contributed by atoms with Gasteiger partial charge >= 0.3 is 0 Å². The summed E-state index contributed by atoms with van der Waals surface area (Å²) in [5, 5.41) is 7.42. The number of nitrogens with one attached hydrogen (secondary N) is 1. The minimum Gasteiger partial charge on any atom is -0.361 e. The number of hydrogen-bond acceptors (Lipinski definition) is 4. The van der Waals surface area contributed by atoms with Crippen molar-refractivity contribution in [3.05, 3.63) is 42.9 Å². The van der Waals surface area contributed by atoms with Crippen LogP contribution in [0.3, 0.4) is 0 Å². The van der Waals surface area contributed by atoms with Crippen LogP contribution < -0.4 is 5.32 Å². The summed E-state index contributed by atoms with van der Waals surface area (Å²) in [4.78, 5) is 8.55. The van der Waals surface area contributed by atoms with Gasteiger partial charge in [0.2, 0.25) is 0 Å². The maximum Gasteiger partial charge on any atom is 0.152 e. The van der Waals surface area contributed by atoms with E-state index in [-0.39, 0.29) is 0 Å². The largest absolute Gasteiger partial charge is 0.361 e. The zero-order valence-electron chi connectivity index (χ0n) is 9.41. The summed E-state index contributed by atoms with van der Waals surface area (Å²) in [6.07, 6.45) is 9.00. The zero-order chi connectivity index (χ0) is 11.7. The molecule has 0 fully saturated rings. The van der Waals surface area contributed by atoms with Gasteiger partial charge in [-0.15, -0.1) is 0 Å². The van der Waals surface area contributed by atoms with Crippen molar-refractivity contribution >= 4 is 11.3 Å². The Balaban J connectivity index is 1.86. The predicted molar refractivity (Wildman–Crippen MR) is 63.5 cm³/mol. The normalized spacial score (nSPS) is 10.9. The van der Waals surface area contributed by atoms with Gasteiger partial charge in [0.05, 0.1) is 12.7 Å². The first kappa shape index (κ1) is 9.83. The lowest BCUT2D eigenvalue weighted by Crippen LogP contribution is -2.07. The Morgan fingerprint density at radius 3 is 2.88 bits per heavy atom. The SMILES string of the molecule is Cn1ccnc1CNc1nccn2nccc12. The second-order valence-corrected chi connectivity index (χ2v) is 3.74. The van der Waals surface area contributed by atoms with E-state index in [1.165, 1.54) is 0 Å². The average Bonchev–Trinajstić information content (AvgIpc) is 2.95. The van der Waals surface area contributed by atoms with E-state index in [2.05, 4.69) is 20.4 Å². The minimum atomic E-state index is 0.640. The first-order valence-electron chi connectivity index (χ1n) is 5.33. The number of hydrogen-bond donors (Lipinski definition) is 1. The van der Waals surface area contributed by atoms with Crippen LogP contribution in [0.1, 0.15) is 5.82 Å². The lowest BCUT2D eigenvalue weighted by Gasteiger charge is -2.06. The fourth-order valence-corrected chi connectivity index (χ4v) is 1.72. The second-order valence-electron chi connectivity index (χ2n) is 3.74. The van der Waals surface area contributed by atoms with Crippen molar-refractivity contribution in [3.8, 4) is 0 Å². The summed E-state index contributed by atoms with van der Waals surface area (Å²) in [5.74, 6) is 1.78. The first-order chi connectivity index (χ1) is 8.34. The van der Waals surface area contributed by atoms with Gasteiger partial charge in [-0.3, -0.25) is 0 Å². The van der Waals surface area contributed by atoms with E-state index in [0.717, 1.165) is 17.2 Å². The van der Waals surface area contributed by atoms with E-state index in [4.69, 9.17) is 0 Å². The van der Waals surface area contributed by atoms with E-state index in [1.54, 1.807) is 23.1 Å². The van der Waals surface area contributed by atoms with Crippen molar-refractivity contribution in [2.45, 2.75) is 6.54 Å². The van der Waals surface area contributed by atoms with Crippen molar-refractivity contribution < 1.29 is 0 Å². The van der Waals surface area contributed by atoms with Gasteiger partial charge in [0, 0.05) is 31.8 Å². The van der Waals surface area contributed by atoms with Gasteiger partial charge in [-0.1, -0.05) is 0 Å². The maximum atomic E-state index is 4.30. The number of fused-ring (bicyclic) bond motifs is 1. The summed E-state index contributed by atoms with van der Waals surface area (Å²) in [5.41, 5.74) is 0.960. The molecule has 0 saturated heterocycles. The topological polar surface area (TPSA) is 60.0 Å². The molecule has 3 rings (SSSR count). The summed E-state index contributed by atoms with van der Waals surface area (Å²) in [7, 11) is 1.97. The number of aromatic nitrogens is 5. The van der Waals surface area contributed by atoms with Crippen molar-refractivity contribution in [1.29, 1.82) is 0 Å². The average molecular weight is 228 g/mol. The highest BCUT2D eigenvalue weighted by atomic mass is 15.2. The van der Waals surface area contributed by atoms with Gasteiger partial charge in [0.25, 0.3) is 0 Å². The Morgan fingerprint density at radius 1 is 1.18 bits per heavy atom. The Hall–Kier alpha value is -2.37. The molecule has 0 aliphatic rings. The van der Waals surface area contributed by atoms with E-state index < -0.39 is 0 Å². The third-order valence-corrected chi connectivity index (χ3v) is 2.66. The number of aryl methyl sites for hydroxylation is 1. The van der Waals surface area contributed by atoms with E-state index in [0.29, 0.717) is 6.54 Å². The molecular formula is C11H12N6. The van der Waals surface area contributed by atoms with E-state index in [9.17, 15) is 0 Å². The highest BCUT2D eigenvalue weighted by Gasteiger charge is 2.04. The lowest BCUT2D eigenvalue weighted by atomic mass is 10.4. The van der Waals surface area contributed by atoms with Gasteiger partial charge in [-0.25, -0.2) is 14.5 Å².